The molecule has 166 valence electrons. The van der Waals surface area contributed by atoms with Crippen LogP contribution in [0.2, 0.25) is 0 Å². The van der Waals surface area contributed by atoms with Gasteiger partial charge < -0.3 is 20.6 Å². The predicted molar refractivity (Wildman–Crippen MR) is 129 cm³/mol. The van der Waals surface area contributed by atoms with Gasteiger partial charge in [0.1, 0.15) is 10.8 Å². The second kappa shape index (κ2) is 9.46. The van der Waals surface area contributed by atoms with Gasteiger partial charge in [0.15, 0.2) is 0 Å². The van der Waals surface area contributed by atoms with E-state index in [-0.39, 0.29) is 12.6 Å². The minimum absolute atomic E-state index is 0.243. The van der Waals surface area contributed by atoms with Crippen molar-refractivity contribution in [3.05, 3.63) is 30.0 Å². The van der Waals surface area contributed by atoms with E-state index in [4.69, 9.17) is 15.0 Å². The molecular formula is C23H32N6OS. The zero-order valence-corrected chi connectivity index (χ0v) is 19.5. The number of nitrogens with one attached hydrogen (secondary N) is 2. The number of para-hydroxylation sites is 1. The van der Waals surface area contributed by atoms with Crippen LogP contribution in [0.4, 0.5) is 11.8 Å². The molecule has 4 rings (SSSR count). The van der Waals surface area contributed by atoms with Gasteiger partial charge in [-0.25, -0.2) is 9.97 Å². The smallest absolute Gasteiger partial charge is 0.224 e. The molecule has 0 amide bonds. The lowest BCUT2D eigenvalue weighted by molar-refractivity contribution is 0.226. The summed E-state index contributed by atoms with van der Waals surface area (Å²) in [6.45, 7) is 6.20. The van der Waals surface area contributed by atoms with Crippen LogP contribution in [0.15, 0.2) is 24.3 Å². The van der Waals surface area contributed by atoms with Crippen LogP contribution in [0.25, 0.3) is 20.8 Å². The number of aryl methyl sites for hydroxylation is 1. The standard InChI is InChI=1S/C23H32N6OS/c1-14-11-16(13-30)12-18(14)26-21-20(22-27-17-7-5-6-8-19(17)31-22)15(2)25-23(28-21)24-9-10-29(3)4/h5-8,14,16,18,30H,9-13H2,1-4H3,(H2,24,25,26,28)/t14-,16-,18-/m1/s1. The molecule has 3 atom stereocenters. The Kier molecular flexibility index (Phi) is 6.69. The molecule has 2 aromatic heterocycles. The lowest BCUT2D eigenvalue weighted by Crippen LogP contribution is -2.25. The minimum Gasteiger partial charge on any atom is -0.396 e. The van der Waals surface area contributed by atoms with Crippen molar-refractivity contribution in [1.29, 1.82) is 0 Å². The van der Waals surface area contributed by atoms with Gasteiger partial charge in [0, 0.05) is 25.7 Å². The maximum absolute atomic E-state index is 9.64. The normalized spacial score (nSPS) is 21.2. The van der Waals surface area contributed by atoms with Gasteiger partial charge in [0.05, 0.1) is 21.5 Å². The van der Waals surface area contributed by atoms with Gasteiger partial charge in [0.2, 0.25) is 5.95 Å². The molecule has 1 fully saturated rings. The number of hydrogen-bond acceptors (Lipinski definition) is 8. The van der Waals surface area contributed by atoms with Gasteiger partial charge in [0.25, 0.3) is 0 Å². The summed E-state index contributed by atoms with van der Waals surface area (Å²) < 4.78 is 1.16. The molecule has 0 radical (unpaired) electrons. The van der Waals surface area contributed by atoms with Crippen molar-refractivity contribution in [1.82, 2.24) is 19.9 Å². The Morgan fingerprint density at radius 3 is 2.68 bits per heavy atom. The Morgan fingerprint density at radius 1 is 1.16 bits per heavy atom. The third kappa shape index (κ3) is 4.97. The van der Waals surface area contributed by atoms with Gasteiger partial charge in [-0.2, -0.15) is 4.98 Å². The molecule has 0 aliphatic heterocycles. The van der Waals surface area contributed by atoms with Crippen molar-refractivity contribution < 1.29 is 5.11 Å². The topological polar surface area (TPSA) is 86.2 Å². The van der Waals surface area contributed by atoms with E-state index in [1.807, 2.05) is 25.1 Å². The molecule has 0 unspecified atom stereocenters. The Balaban J connectivity index is 1.70. The van der Waals surface area contributed by atoms with Crippen LogP contribution in [0.3, 0.4) is 0 Å². The first-order valence-corrected chi connectivity index (χ1v) is 11.8. The van der Waals surface area contributed by atoms with Crippen molar-refractivity contribution in [3.63, 3.8) is 0 Å². The SMILES string of the molecule is Cc1nc(NCCN(C)C)nc(N[C@@H]2C[C@H](CO)C[C@H]2C)c1-c1nc2ccccc2s1. The number of hydrogen-bond donors (Lipinski definition) is 3. The number of anilines is 2. The van der Waals surface area contributed by atoms with E-state index in [9.17, 15) is 5.11 Å². The molecule has 31 heavy (non-hydrogen) atoms. The molecule has 0 spiro atoms. The molecule has 7 nitrogen and oxygen atoms in total. The summed E-state index contributed by atoms with van der Waals surface area (Å²) in [7, 11) is 4.10. The highest BCUT2D eigenvalue weighted by Crippen LogP contribution is 2.39. The molecule has 2 heterocycles. The van der Waals surface area contributed by atoms with E-state index in [0.29, 0.717) is 17.8 Å². The first-order valence-electron chi connectivity index (χ1n) is 10.9. The molecule has 3 N–H and O–H groups in total. The van der Waals surface area contributed by atoms with E-state index in [1.54, 1.807) is 11.3 Å². The summed E-state index contributed by atoms with van der Waals surface area (Å²) >= 11 is 1.67. The van der Waals surface area contributed by atoms with E-state index in [2.05, 4.69) is 42.6 Å². The fourth-order valence-electron chi connectivity index (χ4n) is 4.29. The van der Waals surface area contributed by atoms with E-state index in [0.717, 1.165) is 58.2 Å². The molecule has 1 aromatic carbocycles. The van der Waals surface area contributed by atoms with E-state index in [1.165, 1.54) is 0 Å². The van der Waals surface area contributed by atoms with Gasteiger partial charge >= 0.3 is 0 Å². The third-order valence-electron chi connectivity index (χ3n) is 6.00. The highest BCUT2D eigenvalue weighted by molar-refractivity contribution is 7.21. The van der Waals surface area contributed by atoms with Crippen LogP contribution in [-0.2, 0) is 0 Å². The van der Waals surface area contributed by atoms with Crippen LogP contribution in [0.5, 0.6) is 0 Å². The summed E-state index contributed by atoms with van der Waals surface area (Å²) in [4.78, 5) is 16.6. The van der Waals surface area contributed by atoms with Gasteiger partial charge in [-0.05, 0) is 57.8 Å². The summed E-state index contributed by atoms with van der Waals surface area (Å²) in [5.74, 6) is 2.28. The average Bonchev–Trinajstić information content (AvgIpc) is 3.30. The quantitative estimate of drug-likeness (QED) is 0.490. The number of benzene rings is 1. The average molecular weight is 441 g/mol. The highest BCUT2D eigenvalue weighted by atomic mass is 32.1. The number of thiazole rings is 1. The first kappa shape index (κ1) is 21.9. The molecule has 1 aliphatic rings. The molecule has 0 saturated heterocycles. The largest absolute Gasteiger partial charge is 0.396 e. The molecule has 8 heteroatoms. The van der Waals surface area contributed by atoms with Crippen LogP contribution in [0, 0.1) is 18.8 Å². The number of aromatic nitrogens is 3. The minimum atomic E-state index is 0.243. The van der Waals surface area contributed by atoms with Crippen molar-refractivity contribution in [2.24, 2.45) is 11.8 Å². The fraction of sp³-hybridized carbons (Fsp3) is 0.522. The monoisotopic (exact) mass is 440 g/mol. The maximum atomic E-state index is 9.64. The summed E-state index contributed by atoms with van der Waals surface area (Å²) in [6.07, 6.45) is 1.98. The molecular weight excluding hydrogens is 408 g/mol. The van der Waals surface area contributed by atoms with Crippen LogP contribution < -0.4 is 10.6 Å². The first-order chi connectivity index (χ1) is 14.9. The second-order valence-corrected chi connectivity index (χ2v) is 9.85. The lowest BCUT2D eigenvalue weighted by atomic mass is 10.1. The van der Waals surface area contributed by atoms with Crippen LogP contribution in [0.1, 0.15) is 25.5 Å². The second-order valence-electron chi connectivity index (χ2n) is 8.82. The zero-order chi connectivity index (χ0) is 22.0. The fourth-order valence-corrected chi connectivity index (χ4v) is 5.35. The number of likely N-dealkylation sites (N-methyl/N-ethyl adjacent to an activating group) is 1. The number of aliphatic hydroxyl groups is 1. The van der Waals surface area contributed by atoms with Crippen LogP contribution in [-0.4, -0.2) is 64.8 Å². The molecule has 1 aliphatic carbocycles. The summed E-state index contributed by atoms with van der Waals surface area (Å²) in [6, 6.07) is 8.47. The maximum Gasteiger partial charge on any atom is 0.224 e. The zero-order valence-electron chi connectivity index (χ0n) is 18.7. The van der Waals surface area contributed by atoms with Gasteiger partial charge in [-0.15, -0.1) is 11.3 Å². The molecule has 0 bridgehead atoms. The lowest BCUT2D eigenvalue weighted by Gasteiger charge is -2.21. The predicted octanol–water partition coefficient (Wildman–Crippen LogP) is 3.85. The number of fused-ring (bicyclic) bond motifs is 1. The van der Waals surface area contributed by atoms with Crippen molar-refractivity contribution in [2.75, 3.05) is 44.4 Å². The van der Waals surface area contributed by atoms with Crippen molar-refractivity contribution in [2.45, 2.75) is 32.7 Å². The van der Waals surface area contributed by atoms with Gasteiger partial charge in [-0.1, -0.05) is 19.1 Å². The Morgan fingerprint density at radius 2 is 1.97 bits per heavy atom. The molecule has 3 aromatic rings. The number of rotatable bonds is 8. The van der Waals surface area contributed by atoms with Crippen molar-refractivity contribution in [3.8, 4) is 10.6 Å². The van der Waals surface area contributed by atoms with E-state index < -0.39 is 0 Å². The van der Waals surface area contributed by atoms with Crippen LogP contribution >= 0.6 is 11.3 Å². The molecule has 1 saturated carbocycles. The Bertz CT molecular complexity index is 1000. The Labute approximate surface area is 187 Å². The third-order valence-corrected chi connectivity index (χ3v) is 7.05. The van der Waals surface area contributed by atoms with E-state index >= 15 is 0 Å². The van der Waals surface area contributed by atoms with Gasteiger partial charge in [-0.3, -0.25) is 0 Å². The number of aliphatic hydroxyl groups excluding tert-OH is 1. The Hall–Kier alpha value is -2.29. The summed E-state index contributed by atoms with van der Waals surface area (Å²) in [5, 5.41) is 17.6. The summed E-state index contributed by atoms with van der Waals surface area (Å²) in [5.41, 5.74) is 2.88. The number of nitrogens with zero attached hydrogens (tertiary/aromatic N) is 4. The van der Waals surface area contributed by atoms with Crippen molar-refractivity contribution >= 4 is 33.3 Å². The highest BCUT2D eigenvalue weighted by Gasteiger charge is 2.32.